The van der Waals surface area contributed by atoms with Crippen LogP contribution in [0.25, 0.3) is 10.9 Å². The molecule has 7 nitrogen and oxygen atoms in total. The Morgan fingerprint density at radius 3 is 3.00 bits per heavy atom. The molecule has 1 N–H and O–H groups in total. The van der Waals surface area contributed by atoms with Crippen LogP contribution in [0.1, 0.15) is 26.5 Å². The van der Waals surface area contributed by atoms with Gasteiger partial charge < -0.3 is 14.3 Å². The Kier molecular flexibility index (Phi) is 3.65. The number of hydrogen-bond donors (Lipinski definition) is 1. The van der Waals surface area contributed by atoms with Crippen molar-refractivity contribution >= 4 is 22.7 Å². The van der Waals surface area contributed by atoms with Gasteiger partial charge in [0, 0.05) is 35.1 Å². The monoisotopic (exact) mass is 308 g/mol. The van der Waals surface area contributed by atoms with E-state index >= 15 is 0 Å². The highest BCUT2D eigenvalue weighted by Crippen LogP contribution is 2.21. The highest BCUT2D eigenvalue weighted by Gasteiger charge is 2.16. The zero-order valence-electron chi connectivity index (χ0n) is 12.2. The number of Topliss-reactive ketones (excluding diaryl/α,β-unsaturated/α-hetero) is 1. The van der Waals surface area contributed by atoms with Gasteiger partial charge in [0.1, 0.15) is 6.07 Å². The molecule has 0 fully saturated rings. The second-order valence-corrected chi connectivity index (χ2v) is 4.87. The number of ketones is 1. The molecule has 0 unspecified atom stereocenters. The van der Waals surface area contributed by atoms with Crippen molar-refractivity contribution in [1.82, 2.24) is 14.5 Å². The number of nitriles is 1. The van der Waals surface area contributed by atoms with E-state index in [1.165, 1.54) is 17.9 Å². The fraction of sp³-hybridized carbons (Fsp3) is 0.125. The predicted octanol–water partition coefficient (Wildman–Crippen LogP) is 1.91. The largest absolute Gasteiger partial charge is 0.465 e. The number of H-pyrrole nitrogens is 1. The minimum Gasteiger partial charge on any atom is -0.465 e. The van der Waals surface area contributed by atoms with E-state index in [4.69, 9.17) is 10.00 Å². The van der Waals surface area contributed by atoms with Crippen LogP contribution in [0.2, 0.25) is 0 Å². The molecule has 0 atom stereocenters. The molecule has 1 aromatic carbocycles. The minimum atomic E-state index is -0.465. The van der Waals surface area contributed by atoms with Crippen molar-refractivity contribution < 1.29 is 14.3 Å². The molecule has 0 aliphatic heterocycles. The van der Waals surface area contributed by atoms with Crippen molar-refractivity contribution in [3.63, 3.8) is 0 Å². The van der Waals surface area contributed by atoms with Gasteiger partial charge in [-0.2, -0.15) is 5.26 Å². The highest BCUT2D eigenvalue weighted by molar-refractivity contribution is 6.09. The van der Waals surface area contributed by atoms with Crippen LogP contribution in [0.3, 0.4) is 0 Å². The number of ether oxygens (including phenoxy) is 1. The van der Waals surface area contributed by atoms with Crippen molar-refractivity contribution in [2.75, 3.05) is 7.11 Å². The van der Waals surface area contributed by atoms with Gasteiger partial charge in [-0.15, -0.1) is 0 Å². The van der Waals surface area contributed by atoms with Gasteiger partial charge in [0.25, 0.3) is 0 Å². The lowest BCUT2D eigenvalue weighted by atomic mass is 10.1. The Morgan fingerprint density at radius 1 is 1.43 bits per heavy atom. The summed E-state index contributed by atoms with van der Waals surface area (Å²) in [5, 5.41) is 9.58. The van der Waals surface area contributed by atoms with Gasteiger partial charge in [-0.3, -0.25) is 4.79 Å². The third kappa shape index (κ3) is 2.58. The molecular weight excluding hydrogens is 296 g/mol. The number of hydrogen-bond acceptors (Lipinski definition) is 5. The Hall–Kier alpha value is -3.40. The lowest BCUT2D eigenvalue weighted by Gasteiger charge is -2.03. The minimum absolute atomic E-state index is 0.00169. The first-order valence-corrected chi connectivity index (χ1v) is 6.78. The molecule has 3 rings (SSSR count). The number of esters is 1. The van der Waals surface area contributed by atoms with Crippen LogP contribution in [0.4, 0.5) is 0 Å². The molecule has 0 radical (unpaired) electrons. The maximum atomic E-state index is 12.5. The third-order valence-electron chi connectivity index (χ3n) is 3.53. The number of carbonyl (C=O) groups excluding carboxylic acids is 2. The summed E-state index contributed by atoms with van der Waals surface area (Å²) >= 11 is 0. The smallest absolute Gasteiger partial charge is 0.337 e. The van der Waals surface area contributed by atoms with Crippen molar-refractivity contribution in [2.24, 2.45) is 0 Å². The second-order valence-electron chi connectivity index (χ2n) is 4.87. The van der Waals surface area contributed by atoms with Crippen molar-refractivity contribution in [3.8, 4) is 6.07 Å². The van der Waals surface area contributed by atoms with Crippen molar-refractivity contribution in [3.05, 3.63) is 53.7 Å². The topological polar surface area (TPSA) is 101 Å². The van der Waals surface area contributed by atoms with E-state index in [1.54, 1.807) is 30.6 Å². The number of aromatic nitrogens is 3. The molecule has 7 heteroatoms. The summed E-state index contributed by atoms with van der Waals surface area (Å²) in [7, 11) is 1.30. The SMILES string of the molecule is COC(=O)c1ccc2[nH]cc(C(=O)Cn3ccnc3C#N)c2c1. The standard InChI is InChI=1S/C16H12N4O3/c1-23-16(22)10-2-3-13-11(6-10)12(8-19-13)14(21)9-20-5-4-18-15(20)7-17/h2-6,8,19H,9H2,1H3. The Balaban J connectivity index is 1.97. The molecule has 0 saturated carbocycles. The number of carbonyl (C=O) groups is 2. The summed E-state index contributed by atoms with van der Waals surface area (Å²) in [4.78, 5) is 31.0. The third-order valence-corrected chi connectivity index (χ3v) is 3.53. The predicted molar refractivity (Wildman–Crippen MR) is 80.9 cm³/mol. The highest BCUT2D eigenvalue weighted by atomic mass is 16.5. The number of fused-ring (bicyclic) bond motifs is 1. The van der Waals surface area contributed by atoms with E-state index < -0.39 is 5.97 Å². The van der Waals surface area contributed by atoms with E-state index in [1.807, 2.05) is 6.07 Å². The van der Waals surface area contributed by atoms with Gasteiger partial charge >= 0.3 is 5.97 Å². The lowest BCUT2D eigenvalue weighted by Crippen LogP contribution is -2.11. The molecule has 0 bridgehead atoms. The fourth-order valence-electron chi connectivity index (χ4n) is 2.39. The number of imidazole rings is 1. The fourth-order valence-corrected chi connectivity index (χ4v) is 2.39. The molecule has 2 heterocycles. The molecule has 0 spiro atoms. The first kappa shape index (κ1) is 14.5. The van der Waals surface area contributed by atoms with Crippen molar-refractivity contribution in [2.45, 2.75) is 6.54 Å². The maximum absolute atomic E-state index is 12.5. The molecule has 3 aromatic rings. The van der Waals surface area contributed by atoms with Gasteiger partial charge in [0.2, 0.25) is 5.82 Å². The van der Waals surface area contributed by atoms with Crippen LogP contribution in [0, 0.1) is 11.3 Å². The number of nitrogens with zero attached hydrogens (tertiary/aromatic N) is 3. The summed E-state index contributed by atoms with van der Waals surface area (Å²) in [6, 6.07) is 6.89. The van der Waals surface area contributed by atoms with E-state index in [0.29, 0.717) is 16.5 Å². The van der Waals surface area contributed by atoms with E-state index in [0.717, 1.165) is 5.52 Å². The normalized spacial score (nSPS) is 10.4. The Morgan fingerprint density at radius 2 is 2.26 bits per heavy atom. The van der Waals surface area contributed by atoms with Crippen LogP contribution in [0.15, 0.2) is 36.8 Å². The lowest BCUT2D eigenvalue weighted by molar-refractivity contribution is 0.0600. The quantitative estimate of drug-likeness (QED) is 0.586. The molecular formula is C16H12N4O3. The van der Waals surface area contributed by atoms with Gasteiger partial charge in [0.05, 0.1) is 19.2 Å². The summed E-state index contributed by atoms with van der Waals surface area (Å²) < 4.78 is 6.17. The number of nitrogens with one attached hydrogen (secondary N) is 1. The van der Waals surface area contributed by atoms with Crippen LogP contribution >= 0.6 is 0 Å². The van der Waals surface area contributed by atoms with Crippen LogP contribution in [-0.4, -0.2) is 33.4 Å². The number of rotatable bonds is 4. The number of benzene rings is 1. The molecule has 114 valence electrons. The second kappa shape index (κ2) is 5.77. The van der Waals surface area contributed by atoms with Gasteiger partial charge in [0.15, 0.2) is 5.78 Å². The maximum Gasteiger partial charge on any atom is 0.337 e. The average molecular weight is 308 g/mol. The molecule has 0 aliphatic rings. The average Bonchev–Trinajstić information content (AvgIpc) is 3.19. The summed E-state index contributed by atoms with van der Waals surface area (Å²) in [6.07, 6.45) is 4.64. The first-order chi connectivity index (χ1) is 11.1. The van der Waals surface area contributed by atoms with Gasteiger partial charge in [-0.25, -0.2) is 9.78 Å². The van der Waals surface area contributed by atoms with Gasteiger partial charge in [-0.1, -0.05) is 0 Å². The summed E-state index contributed by atoms with van der Waals surface area (Å²) in [5.74, 6) is -0.478. The van der Waals surface area contributed by atoms with E-state index in [-0.39, 0.29) is 18.2 Å². The summed E-state index contributed by atoms with van der Waals surface area (Å²) in [6.45, 7) is -0.00169. The van der Waals surface area contributed by atoms with Crippen LogP contribution in [-0.2, 0) is 11.3 Å². The van der Waals surface area contributed by atoms with E-state index in [9.17, 15) is 9.59 Å². The van der Waals surface area contributed by atoms with Gasteiger partial charge in [-0.05, 0) is 18.2 Å². The Labute approximate surface area is 131 Å². The number of aromatic amines is 1. The first-order valence-electron chi connectivity index (χ1n) is 6.78. The number of methoxy groups -OCH3 is 1. The molecule has 23 heavy (non-hydrogen) atoms. The van der Waals surface area contributed by atoms with Crippen molar-refractivity contribution in [1.29, 1.82) is 5.26 Å². The van der Waals surface area contributed by atoms with Crippen LogP contribution < -0.4 is 0 Å². The van der Waals surface area contributed by atoms with Crippen LogP contribution in [0.5, 0.6) is 0 Å². The molecule has 0 saturated heterocycles. The van der Waals surface area contributed by atoms with E-state index in [2.05, 4.69) is 9.97 Å². The Bertz CT molecular complexity index is 946. The molecule has 0 amide bonds. The summed E-state index contributed by atoms with van der Waals surface area (Å²) in [5.41, 5.74) is 1.56. The molecule has 0 aliphatic carbocycles. The zero-order valence-corrected chi connectivity index (χ0v) is 12.2. The zero-order chi connectivity index (χ0) is 16.4. The molecule has 2 aromatic heterocycles.